The standard InChI is InChI=1S/C14H24N2O/c1-6-12(10(2)3)16-14-13(17-11(4)5)8-7-9-15-14/h7-12H,6H2,1-5H3,(H,15,16). The molecular formula is C14H24N2O. The van der Waals surface area contributed by atoms with Gasteiger partial charge >= 0.3 is 0 Å². The summed E-state index contributed by atoms with van der Waals surface area (Å²) in [5.74, 6) is 2.26. The molecule has 0 aliphatic rings. The largest absolute Gasteiger partial charge is 0.487 e. The van der Waals surface area contributed by atoms with Gasteiger partial charge in [0.25, 0.3) is 0 Å². The van der Waals surface area contributed by atoms with Crippen LogP contribution in [0.4, 0.5) is 5.82 Å². The van der Waals surface area contributed by atoms with Crippen LogP contribution in [0.2, 0.25) is 0 Å². The minimum Gasteiger partial charge on any atom is -0.487 e. The van der Waals surface area contributed by atoms with Crippen molar-refractivity contribution in [2.24, 2.45) is 5.92 Å². The van der Waals surface area contributed by atoms with E-state index in [1.54, 1.807) is 6.20 Å². The average Bonchev–Trinajstić information content (AvgIpc) is 2.26. The van der Waals surface area contributed by atoms with Crippen molar-refractivity contribution in [1.82, 2.24) is 4.98 Å². The number of nitrogens with one attached hydrogen (secondary N) is 1. The maximum Gasteiger partial charge on any atom is 0.168 e. The summed E-state index contributed by atoms with van der Waals surface area (Å²) in [5.41, 5.74) is 0. The number of hydrogen-bond acceptors (Lipinski definition) is 3. The highest BCUT2D eigenvalue weighted by molar-refractivity contribution is 5.50. The van der Waals surface area contributed by atoms with Gasteiger partial charge in [0.15, 0.2) is 11.6 Å². The number of pyridine rings is 1. The Hall–Kier alpha value is -1.25. The molecule has 0 aliphatic carbocycles. The van der Waals surface area contributed by atoms with Crippen LogP contribution < -0.4 is 10.1 Å². The van der Waals surface area contributed by atoms with E-state index in [9.17, 15) is 0 Å². The summed E-state index contributed by atoms with van der Waals surface area (Å²) in [6, 6.07) is 4.29. The summed E-state index contributed by atoms with van der Waals surface area (Å²) in [6.07, 6.45) is 3.04. The molecule has 0 saturated carbocycles. The second-order valence-corrected chi connectivity index (χ2v) is 4.92. The van der Waals surface area contributed by atoms with E-state index in [2.05, 4.69) is 31.1 Å². The predicted molar refractivity (Wildman–Crippen MR) is 72.5 cm³/mol. The van der Waals surface area contributed by atoms with Gasteiger partial charge in [0.1, 0.15) is 0 Å². The number of aromatic nitrogens is 1. The Morgan fingerprint density at radius 2 is 2.00 bits per heavy atom. The molecule has 1 unspecified atom stereocenters. The van der Waals surface area contributed by atoms with Crippen molar-refractivity contribution in [3.63, 3.8) is 0 Å². The summed E-state index contributed by atoms with van der Waals surface area (Å²) >= 11 is 0. The van der Waals surface area contributed by atoms with E-state index in [4.69, 9.17) is 4.74 Å². The lowest BCUT2D eigenvalue weighted by atomic mass is 10.0. The zero-order valence-electron chi connectivity index (χ0n) is 11.5. The third kappa shape index (κ3) is 4.25. The fourth-order valence-corrected chi connectivity index (χ4v) is 1.76. The smallest absolute Gasteiger partial charge is 0.168 e. The van der Waals surface area contributed by atoms with E-state index < -0.39 is 0 Å². The van der Waals surface area contributed by atoms with Crippen molar-refractivity contribution in [1.29, 1.82) is 0 Å². The highest BCUT2D eigenvalue weighted by atomic mass is 16.5. The molecule has 1 aromatic heterocycles. The fraction of sp³-hybridized carbons (Fsp3) is 0.643. The van der Waals surface area contributed by atoms with E-state index in [1.807, 2.05) is 26.0 Å². The summed E-state index contributed by atoms with van der Waals surface area (Å²) in [5, 5.41) is 3.47. The molecule has 3 heteroatoms. The van der Waals surface area contributed by atoms with Crippen LogP contribution in [0.25, 0.3) is 0 Å². The minimum atomic E-state index is 0.166. The van der Waals surface area contributed by atoms with Crippen LogP contribution in [0.1, 0.15) is 41.0 Å². The van der Waals surface area contributed by atoms with Gasteiger partial charge in [0.2, 0.25) is 0 Å². The molecule has 1 rings (SSSR count). The van der Waals surface area contributed by atoms with Crippen LogP contribution in [0, 0.1) is 5.92 Å². The molecule has 0 aliphatic heterocycles. The van der Waals surface area contributed by atoms with Crippen LogP contribution in [-0.4, -0.2) is 17.1 Å². The van der Waals surface area contributed by atoms with Gasteiger partial charge in [-0.15, -0.1) is 0 Å². The minimum absolute atomic E-state index is 0.166. The highest BCUT2D eigenvalue weighted by Gasteiger charge is 2.14. The van der Waals surface area contributed by atoms with Gasteiger partial charge in [-0.25, -0.2) is 4.98 Å². The van der Waals surface area contributed by atoms with Crippen molar-refractivity contribution < 1.29 is 4.74 Å². The van der Waals surface area contributed by atoms with E-state index in [0.717, 1.165) is 18.0 Å². The monoisotopic (exact) mass is 236 g/mol. The summed E-state index contributed by atoms with van der Waals surface area (Å²) < 4.78 is 5.75. The first-order valence-electron chi connectivity index (χ1n) is 6.42. The van der Waals surface area contributed by atoms with Gasteiger partial charge in [-0.3, -0.25) is 0 Å². The first-order valence-corrected chi connectivity index (χ1v) is 6.42. The molecule has 0 saturated heterocycles. The maximum absolute atomic E-state index is 5.75. The molecule has 0 aromatic carbocycles. The van der Waals surface area contributed by atoms with E-state index in [0.29, 0.717) is 12.0 Å². The highest BCUT2D eigenvalue weighted by Crippen LogP contribution is 2.24. The third-order valence-electron chi connectivity index (χ3n) is 2.70. The topological polar surface area (TPSA) is 34.2 Å². The van der Waals surface area contributed by atoms with Crippen LogP contribution >= 0.6 is 0 Å². The molecule has 0 spiro atoms. The number of anilines is 1. The Bertz CT molecular complexity index is 337. The Morgan fingerprint density at radius 3 is 2.53 bits per heavy atom. The Labute approximate surface area is 105 Å². The lowest BCUT2D eigenvalue weighted by Gasteiger charge is -2.23. The normalized spacial score (nSPS) is 12.9. The molecule has 0 radical (unpaired) electrons. The zero-order valence-corrected chi connectivity index (χ0v) is 11.5. The predicted octanol–water partition coefficient (Wildman–Crippen LogP) is 3.72. The molecule has 96 valence electrons. The number of hydrogen-bond donors (Lipinski definition) is 1. The maximum atomic E-state index is 5.75. The molecule has 0 amide bonds. The second kappa shape index (κ2) is 6.48. The van der Waals surface area contributed by atoms with Gasteiger partial charge in [0, 0.05) is 12.2 Å². The number of ether oxygens (including phenoxy) is 1. The number of rotatable bonds is 6. The summed E-state index contributed by atoms with van der Waals surface area (Å²) in [4.78, 5) is 4.37. The second-order valence-electron chi connectivity index (χ2n) is 4.92. The SMILES string of the molecule is CCC(Nc1ncccc1OC(C)C)C(C)C. The molecule has 1 aromatic rings. The van der Waals surface area contributed by atoms with Gasteiger partial charge < -0.3 is 10.1 Å². The van der Waals surface area contributed by atoms with Crippen molar-refractivity contribution in [2.45, 2.75) is 53.2 Å². The molecule has 1 heterocycles. The average molecular weight is 236 g/mol. The fourth-order valence-electron chi connectivity index (χ4n) is 1.76. The van der Waals surface area contributed by atoms with E-state index >= 15 is 0 Å². The summed E-state index contributed by atoms with van der Waals surface area (Å²) in [7, 11) is 0. The van der Waals surface area contributed by atoms with Crippen molar-refractivity contribution in [2.75, 3.05) is 5.32 Å². The molecule has 0 fully saturated rings. The van der Waals surface area contributed by atoms with Crippen molar-refractivity contribution in [3.05, 3.63) is 18.3 Å². The molecule has 0 bridgehead atoms. The Morgan fingerprint density at radius 1 is 1.29 bits per heavy atom. The lowest BCUT2D eigenvalue weighted by molar-refractivity contribution is 0.242. The zero-order chi connectivity index (χ0) is 12.8. The first kappa shape index (κ1) is 13.8. The summed E-state index contributed by atoms with van der Waals surface area (Å²) in [6.45, 7) is 10.7. The molecule has 1 N–H and O–H groups in total. The van der Waals surface area contributed by atoms with Crippen LogP contribution in [0.3, 0.4) is 0 Å². The van der Waals surface area contributed by atoms with E-state index in [1.165, 1.54) is 0 Å². The molecule has 1 atom stereocenters. The van der Waals surface area contributed by atoms with Crippen molar-refractivity contribution in [3.8, 4) is 5.75 Å². The van der Waals surface area contributed by atoms with E-state index in [-0.39, 0.29) is 6.10 Å². The molecule has 3 nitrogen and oxygen atoms in total. The van der Waals surface area contributed by atoms with Crippen LogP contribution in [0.5, 0.6) is 5.75 Å². The van der Waals surface area contributed by atoms with Crippen LogP contribution in [-0.2, 0) is 0 Å². The lowest BCUT2D eigenvalue weighted by Crippen LogP contribution is -2.25. The Balaban J connectivity index is 2.82. The van der Waals surface area contributed by atoms with Gasteiger partial charge in [0.05, 0.1) is 6.10 Å². The number of nitrogens with zero attached hydrogens (tertiary/aromatic N) is 1. The Kier molecular flexibility index (Phi) is 5.26. The van der Waals surface area contributed by atoms with Crippen molar-refractivity contribution >= 4 is 5.82 Å². The van der Waals surface area contributed by atoms with Gasteiger partial charge in [-0.05, 0) is 38.3 Å². The first-order chi connectivity index (χ1) is 8.04. The third-order valence-corrected chi connectivity index (χ3v) is 2.70. The van der Waals surface area contributed by atoms with Crippen LogP contribution in [0.15, 0.2) is 18.3 Å². The molecule has 17 heavy (non-hydrogen) atoms. The quantitative estimate of drug-likeness (QED) is 0.817. The molecular weight excluding hydrogens is 212 g/mol. The van der Waals surface area contributed by atoms with Gasteiger partial charge in [-0.2, -0.15) is 0 Å². The van der Waals surface area contributed by atoms with Gasteiger partial charge in [-0.1, -0.05) is 20.8 Å².